The van der Waals surface area contributed by atoms with Crippen LogP contribution in [0, 0.1) is 5.92 Å². The van der Waals surface area contributed by atoms with Gasteiger partial charge < -0.3 is 10.6 Å². The van der Waals surface area contributed by atoms with Crippen molar-refractivity contribution in [3.05, 3.63) is 11.9 Å². The molecule has 96 valence electrons. The van der Waals surface area contributed by atoms with Gasteiger partial charge >= 0.3 is 6.18 Å². The molecule has 0 saturated carbocycles. The van der Waals surface area contributed by atoms with E-state index in [2.05, 4.69) is 9.97 Å². The molecule has 1 heterocycles. The Hall–Kier alpha value is -1.53. The van der Waals surface area contributed by atoms with Crippen LogP contribution in [-0.2, 0) is 6.18 Å². The Morgan fingerprint density at radius 1 is 1.35 bits per heavy atom. The number of anilines is 2. The fraction of sp³-hybridized carbons (Fsp3) is 0.600. The van der Waals surface area contributed by atoms with Crippen molar-refractivity contribution >= 4 is 11.6 Å². The standard InChI is InChI=1S/C10H15F3N4/c1-6(2)5-17(3)8-4-7(14)15-9(16-8)10(11,12)13/h4,6H,5H2,1-3H3,(H2,14,15,16). The molecule has 2 N–H and O–H groups in total. The highest BCUT2D eigenvalue weighted by Crippen LogP contribution is 2.28. The van der Waals surface area contributed by atoms with E-state index in [1.54, 1.807) is 11.9 Å². The molecule has 1 aromatic heterocycles. The molecule has 0 unspecified atom stereocenters. The second-order valence-electron chi connectivity index (χ2n) is 4.25. The zero-order valence-corrected chi connectivity index (χ0v) is 9.91. The molecular weight excluding hydrogens is 233 g/mol. The first-order chi connectivity index (χ1) is 7.70. The lowest BCUT2D eigenvalue weighted by Crippen LogP contribution is -2.25. The maximum atomic E-state index is 12.5. The van der Waals surface area contributed by atoms with E-state index in [9.17, 15) is 13.2 Å². The average molecular weight is 248 g/mol. The number of nitrogen functional groups attached to an aromatic ring is 1. The topological polar surface area (TPSA) is 55.0 Å². The summed E-state index contributed by atoms with van der Waals surface area (Å²) in [4.78, 5) is 8.27. The van der Waals surface area contributed by atoms with Gasteiger partial charge in [0.2, 0.25) is 5.82 Å². The van der Waals surface area contributed by atoms with Crippen LogP contribution in [0.15, 0.2) is 6.07 Å². The molecule has 0 aliphatic heterocycles. The first-order valence-electron chi connectivity index (χ1n) is 5.13. The number of hydrogen-bond acceptors (Lipinski definition) is 4. The summed E-state index contributed by atoms with van der Waals surface area (Å²) in [7, 11) is 1.67. The SMILES string of the molecule is CC(C)CN(C)c1cc(N)nc(C(F)(F)F)n1. The summed E-state index contributed by atoms with van der Waals surface area (Å²) in [5.41, 5.74) is 5.35. The molecule has 0 aliphatic rings. The second kappa shape index (κ2) is 4.77. The average Bonchev–Trinajstić information content (AvgIpc) is 2.14. The Morgan fingerprint density at radius 3 is 2.41 bits per heavy atom. The zero-order valence-electron chi connectivity index (χ0n) is 9.91. The minimum Gasteiger partial charge on any atom is -0.384 e. The van der Waals surface area contributed by atoms with Crippen molar-refractivity contribution < 1.29 is 13.2 Å². The molecule has 17 heavy (non-hydrogen) atoms. The second-order valence-corrected chi connectivity index (χ2v) is 4.25. The zero-order chi connectivity index (χ0) is 13.2. The van der Waals surface area contributed by atoms with Gasteiger partial charge in [0.25, 0.3) is 0 Å². The molecule has 0 spiro atoms. The van der Waals surface area contributed by atoms with E-state index >= 15 is 0 Å². The predicted octanol–water partition coefficient (Wildman–Crippen LogP) is 2.17. The summed E-state index contributed by atoms with van der Waals surface area (Å²) in [6, 6.07) is 1.33. The van der Waals surface area contributed by atoms with Gasteiger partial charge in [-0.3, -0.25) is 0 Å². The van der Waals surface area contributed by atoms with Crippen molar-refractivity contribution in [2.75, 3.05) is 24.2 Å². The van der Waals surface area contributed by atoms with Crippen molar-refractivity contribution in [1.82, 2.24) is 9.97 Å². The Morgan fingerprint density at radius 2 is 1.94 bits per heavy atom. The van der Waals surface area contributed by atoms with Gasteiger partial charge in [0.05, 0.1) is 0 Å². The van der Waals surface area contributed by atoms with E-state index in [-0.39, 0.29) is 11.6 Å². The highest BCUT2D eigenvalue weighted by atomic mass is 19.4. The number of nitrogens with zero attached hydrogens (tertiary/aromatic N) is 3. The van der Waals surface area contributed by atoms with Crippen molar-refractivity contribution in [1.29, 1.82) is 0 Å². The molecule has 0 aromatic carbocycles. The normalized spacial score (nSPS) is 11.9. The van der Waals surface area contributed by atoms with Crippen LogP contribution in [-0.4, -0.2) is 23.6 Å². The first-order valence-corrected chi connectivity index (χ1v) is 5.13. The quantitative estimate of drug-likeness (QED) is 0.890. The smallest absolute Gasteiger partial charge is 0.384 e. The summed E-state index contributed by atoms with van der Waals surface area (Å²) < 4.78 is 37.4. The molecule has 1 rings (SSSR count). The van der Waals surface area contributed by atoms with Gasteiger partial charge in [-0.2, -0.15) is 13.2 Å². The molecule has 0 aliphatic carbocycles. The van der Waals surface area contributed by atoms with Gasteiger partial charge in [-0.05, 0) is 5.92 Å². The predicted molar refractivity (Wildman–Crippen MR) is 59.6 cm³/mol. The molecule has 1 aromatic rings. The van der Waals surface area contributed by atoms with Crippen LogP contribution in [0.25, 0.3) is 0 Å². The van der Waals surface area contributed by atoms with Crippen LogP contribution >= 0.6 is 0 Å². The third kappa shape index (κ3) is 3.76. The van der Waals surface area contributed by atoms with Crippen molar-refractivity contribution in [2.24, 2.45) is 5.92 Å². The van der Waals surface area contributed by atoms with Crippen molar-refractivity contribution in [2.45, 2.75) is 20.0 Å². The van der Waals surface area contributed by atoms with Gasteiger partial charge in [0.1, 0.15) is 11.6 Å². The molecule has 0 bridgehead atoms. The maximum absolute atomic E-state index is 12.5. The van der Waals surface area contributed by atoms with Crippen LogP contribution < -0.4 is 10.6 Å². The van der Waals surface area contributed by atoms with E-state index < -0.39 is 12.0 Å². The molecule has 0 saturated heterocycles. The highest BCUT2D eigenvalue weighted by Gasteiger charge is 2.35. The van der Waals surface area contributed by atoms with Gasteiger partial charge in [0, 0.05) is 19.7 Å². The summed E-state index contributed by atoms with van der Waals surface area (Å²) >= 11 is 0. The van der Waals surface area contributed by atoms with Gasteiger partial charge in [0.15, 0.2) is 0 Å². The lowest BCUT2D eigenvalue weighted by molar-refractivity contribution is -0.144. The Kier molecular flexibility index (Phi) is 3.79. The Labute approximate surface area is 97.7 Å². The van der Waals surface area contributed by atoms with Crippen LogP contribution in [0.4, 0.5) is 24.8 Å². The molecule has 0 radical (unpaired) electrons. The fourth-order valence-electron chi connectivity index (χ4n) is 1.42. The van der Waals surface area contributed by atoms with Gasteiger partial charge in [-0.15, -0.1) is 0 Å². The van der Waals surface area contributed by atoms with E-state index in [0.29, 0.717) is 12.5 Å². The van der Waals surface area contributed by atoms with Gasteiger partial charge in [-0.1, -0.05) is 13.8 Å². The number of aromatic nitrogens is 2. The van der Waals surface area contributed by atoms with Crippen LogP contribution in [0.5, 0.6) is 0 Å². The third-order valence-corrected chi connectivity index (χ3v) is 2.02. The molecule has 0 atom stereocenters. The Bertz CT molecular complexity index is 390. The maximum Gasteiger partial charge on any atom is 0.451 e. The number of hydrogen-bond donors (Lipinski definition) is 1. The van der Waals surface area contributed by atoms with Crippen molar-refractivity contribution in [3.8, 4) is 0 Å². The number of nitrogens with two attached hydrogens (primary N) is 1. The third-order valence-electron chi connectivity index (χ3n) is 2.02. The summed E-state index contributed by atoms with van der Waals surface area (Å²) in [6.45, 7) is 4.52. The van der Waals surface area contributed by atoms with E-state index in [0.717, 1.165) is 0 Å². The number of rotatable bonds is 3. The largest absolute Gasteiger partial charge is 0.451 e. The van der Waals surface area contributed by atoms with Gasteiger partial charge in [-0.25, -0.2) is 9.97 Å². The van der Waals surface area contributed by atoms with Crippen LogP contribution in [0.2, 0.25) is 0 Å². The summed E-state index contributed by atoms with van der Waals surface area (Å²) in [6.07, 6.45) is -4.58. The molecule has 0 fully saturated rings. The monoisotopic (exact) mass is 248 g/mol. The van der Waals surface area contributed by atoms with Crippen LogP contribution in [0.3, 0.4) is 0 Å². The molecule has 4 nitrogen and oxygen atoms in total. The molecule has 7 heteroatoms. The minimum atomic E-state index is -4.58. The molecular formula is C10H15F3N4. The molecule has 0 amide bonds. The van der Waals surface area contributed by atoms with Crippen molar-refractivity contribution in [3.63, 3.8) is 0 Å². The number of halogens is 3. The van der Waals surface area contributed by atoms with E-state index in [1.165, 1.54) is 6.07 Å². The minimum absolute atomic E-state index is 0.179. The highest BCUT2D eigenvalue weighted by molar-refractivity contribution is 5.46. The first kappa shape index (κ1) is 13.5. The van der Waals surface area contributed by atoms with E-state index in [4.69, 9.17) is 5.73 Å². The Balaban J connectivity index is 3.05. The van der Waals surface area contributed by atoms with E-state index in [1.807, 2.05) is 13.8 Å². The number of alkyl halides is 3. The summed E-state index contributed by atoms with van der Waals surface area (Å²) in [5, 5.41) is 0. The fourth-order valence-corrected chi connectivity index (χ4v) is 1.42. The summed E-state index contributed by atoms with van der Waals surface area (Å²) in [5.74, 6) is -0.898. The lowest BCUT2D eigenvalue weighted by atomic mass is 10.2. The van der Waals surface area contributed by atoms with Crippen LogP contribution in [0.1, 0.15) is 19.7 Å². The lowest BCUT2D eigenvalue weighted by Gasteiger charge is -2.21.